The van der Waals surface area contributed by atoms with E-state index in [1.807, 2.05) is 11.8 Å². The number of amides is 1. The van der Waals surface area contributed by atoms with Crippen LogP contribution in [-0.2, 0) is 4.79 Å². The second-order valence-corrected chi connectivity index (χ2v) is 5.25. The van der Waals surface area contributed by atoms with Crippen LogP contribution in [0.5, 0.6) is 0 Å². The maximum atomic E-state index is 11.9. The molecule has 1 aliphatic rings. The number of hydrogen-bond acceptors (Lipinski definition) is 3. The highest BCUT2D eigenvalue weighted by molar-refractivity contribution is 5.78. The van der Waals surface area contributed by atoms with Crippen LogP contribution in [0.3, 0.4) is 0 Å². The van der Waals surface area contributed by atoms with Crippen LogP contribution in [0, 0.1) is 0 Å². The SMILES string of the molecule is CCC(C)(O)CNCC(=O)N1CCCCCC1. The lowest BCUT2D eigenvalue weighted by Crippen LogP contribution is -2.43. The quantitative estimate of drug-likeness (QED) is 0.760. The minimum atomic E-state index is -0.709. The van der Waals surface area contributed by atoms with E-state index in [2.05, 4.69) is 5.32 Å². The molecule has 1 amide bonds. The molecule has 4 heteroatoms. The average Bonchev–Trinajstić information content (AvgIpc) is 2.57. The van der Waals surface area contributed by atoms with Crippen molar-refractivity contribution in [3.8, 4) is 0 Å². The van der Waals surface area contributed by atoms with Crippen LogP contribution < -0.4 is 5.32 Å². The summed E-state index contributed by atoms with van der Waals surface area (Å²) in [6.07, 6.45) is 5.41. The molecule has 17 heavy (non-hydrogen) atoms. The molecule has 1 atom stereocenters. The first-order valence-electron chi connectivity index (χ1n) is 6.76. The predicted octanol–water partition coefficient (Wildman–Crippen LogP) is 1.14. The summed E-state index contributed by atoms with van der Waals surface area (Å²) in [6, 6.07) is 0. The molecule has 0 aromatic rings. The summed E-state index contributed by atoms with van der Waals surface area (Å²) in [7, 11) is 0. The number of hydrogen-bond donors (Lipinski definition) is 2. The molecule has 1 unspecified atom stereocenters. The van der Waals surface area contributed by atoms with E-state index in [1.165, 1.54) is 12.8 Å². The van der Waals surface area contributed by atoms with E-state index >= 15 is 0 Å². The van der Waals surface area contributed by atoms with Crippen molar-refractivity contribution in [2.75, 3.05) is 26.2 Å². The van der Waals surface area contributed by atoms with E-state index in [0.717, 1.165) is 25.9 Å². The van der Waals surface area contributed by atoms with Gasteiger partial charge in [-0.2, -0.15) is 0 Å². The van der Waals surface area contributed by atoms with E-state index in [0.29, 0.717) is 19.5 Å². The molecular formula is C13H26N2O2. The molecule has 1 aliphatic heterocycles. The van der Waals surface area contributed by atoms with E-state index in [1.54, 1.807) is 6.92 Å². The number of nitrogens with one attached hydrogen (secondary N) is 1. The molecule has 4 nitrogen and oxygen atoms in total. The van der Waals surface area contributed by atoms with E-state index in [-0.39, 0.29) is 5.91 Å². The van der Waals surface area contributed by atoms with Crippen LogP contribution in [0.4, 0.5) is 0 Å². The van der Waals surface area contributed by atoms with Crippen LogP contribution in [0.25, 0.3) is 0 Å². The normalized spacial score (nSPS) is 20.8. The van der Waals surface area contributed by atoms with Gasteiger partial charge in [-0.25, -0.2) is 0 Å². The Kier molecular flexibility index (Phi) is 5.92. The molecule has 0 aromatic carbocycles. The molecule has 0 bridgehead atoms. The maximum Gasteiger partial charge on any atom is 0.236 e. The number of nitrogens with zero attached hydrogens (tertiary/aromatic N) is 1. The van der Waals surface area contributed by atoms with Crippen molar-refractivity contribution in [3.05, 3.63) is 0 Å². The molecule has 1 rings (SSSR count). The Morgan fingerprint density at radius 1 is 1.29 bits per heavy atom. The van der Waals surface area contributed by atoms with Gasteiger partial charge in [0.25, 0.3) is 0 Å². The number of carbonyl (C=O) groups is 1. The van der Waals surface area contributed by atoms with Crippen LogP contribution in [0.15, 0.2) is 0 Å². The fraction of sp³-hybridized carbons (Fsp3) is 0.923. The smallest absolute Gasteiger partial charge is 0.236 e. The zero-order valence-corrected chi connectivity index (χ0v) is 11.2. The highest BCUT2D eigenvalue weighted by Crippen LogP contribution is 2.09. The van der Waals surface area contributed by atoms with Crippen molar-refractivity contribution in [2.24, 2.45) is 0 Å². The third kappa shape index (κ3) is 5.50. The fourth-order valence-corrected chi connectivity index (χ4v) is 2.00. The minimum Gasteiger partial charge on any atom is -0.389 e. The van der Waals surface area contributed by atoms with Gasteiger partial charge < -0.3 is 15.3 Å². The van der Waals surface area contributed by atoms with Crippen molar-refractivity contribution in [1.29, 1.82) is 0 Å². The lowest BCUT2D eigenvalue weighted by Gasteiger charge is -2.24. The summed E-state index contributed by atoms with van der Waals surface area (Å²) in [4.78, 5) is 13.9. The Bertz CT molecular complexity index is 234. The van der Waals surface area contributed by atoms with Crippen molar-refractivity contribution >= 4 is 5.91 Å². The van der Waals surface area contributed by atoms with Gasteiger partial charge in [0.1, 0.15) is 0 Å². The lowest BCUT2D eigenvalue weighted by atomic mass is 10.0. The molecule has 0 aliphatic carbocycles. The Morgan fingerprint density at radius 3 is 2.41 bits per heavy atom. The van der Waals surface area contributed by atoms with E-state index in [4.69, 9.17) is 0 Å². The monoisotopic (exact) mass is 242 g/mol. The fourth-order valence-electron chi connectivity index (χ4n) is 2.00. The Hall–Kier alpha value is -0.610. The van der Waals surface area contributed by atoms with Crippen molar-refractivity contribution < 1.29 is 9.90 Å². The average molecular weight is 242 g/mol. The molecule has 0 radical (unpaired) electrons. The number of likely N-dealkylation sites (tertiary alicyclic amines) is 1. The molecule has 0 saturated carbocycles. The van der Waals surface area contributed by atoms with Crippen LogP contribution >= 0.6 is 0 Å². The first-order valence-corrected chi connectivity index (χ1v) is 6.76. The van der Waals surface area contributed by atoms with Crippen molar-refractivity contribution in [2.45, 2.75) is 51.6 Å². The zero-order valence-electron chi connectivity index (χ0n) is 11.2. The molecule has 1 fully saturated rings. The molecule has 1 heterocycles. The Labute approximate surface area is 104 Å². The second kappa shape index (κ2) is 6.97. The summed E-state index contributed by atoms with van der Waals surface area (Å²) >= 11 is 0. The zero-order chi connectivity index (χ0) is 12.7. The summed E-state index contributed by atoms with van der Waals surface area (Å²) in [5.41, 5.74) is -0.709. The number of carbonyl (C=O) groups excluding carboxylic acids is 1. The van der Waals surface area contributed by atoms with Crippen LogP contribution in [0.2, 0.25) is 0 Å². The van der Waals surface area contributed by atoms with Crippen molar-refractivity contribution in [1.82, 2.24) is 10.2 Å². The highest BCUT2D eigenvalue weighted by Gasteiger charge is 2.19. The molecule has 2 N–H and O–H groups in total. The third-order valence-electron chi connectivity index (χ3n) is 3.50. The first-order chi connectivity index (χ1) is 8.05. The Morgan fingerprint density at radius 2 is 1.88 bits per heavy atom. The third-order valence-corrected chi connectivity index (χ3v) is 3.50. The van der Waals surface area contributed by atoms with Gasteiger partial charge >= 0.3 is 0 Å². The van der Waals surface area contributed by atoms with Gasteiger partial charge in [0, 0.05) is 19.6 Å². The predicted molar refractivity (Wildman–Crippen MR) is 68.8 cm³/mol. The Balaban J connectivity index is 2.24. The first kappa shape index (κ1) is 14.5. The van der Waals surface area contributed by atoms with Gasteiger partial charge in [-0.05, 0) is 26.2 Å². The van der Waals surface area contributed by atoms with Crippen LogP contribution in [0.1, 0.15) is 46.0 Å². The highest BCUT2D eigenvalue weighted by atomic mass is 16.3. The van der Waals surface area contributed by atoms with E-state index in [9.17, 15) is 9.90 Å². The van der Waals surface area contributed by atoms with Gasteiger partial charge in [-0.1, -0.05) is 19.8 Å². The number of aliphatic hydroxyl groups is 1. The topological polar surface area (TPSA) is 52.6 Å². The lowest BCUT2D eigenvalue weighted by molar-refractivity contribution is -0.130. The molecule has 0 aromatic heterocycles. The minimum absolute atomic E-state index is 0.166. The summed E-state index contributed by atoms with van der Waals surface area (Å²) in [5.74, 6) is 0.166. The van der Waals surface area contributed by atoms with E-state index < -0.39 is 5.60 Å². The van der Waals surface area contributed by atoms with Crippen molar-refractivity contribution in [3.63, 3.8) is 0 Å². The largest absolute Gasteiger partial charge is 0.389 e. The van der Waals surface area contributed by atoms with Crippen LogP contribution in [-0.4, -0.2) is 47.7 Å². The molecule has 0 spiro atoms. The van der Waals surface area contributed by atoms with Gasteiger partial charge in [0.05, 0.1) is 12.1 Å². The maximum absolute atomic E-state index is 11.9. The summed E-state index contributed by atoms with van der Waals surface area (Å²) in [5, 5.41) is 12.9. The number of rotatable bonds is 5. The van der Waals surface area contributed by atoms with Gasteiger partial charge in [-0.15, -0.1) is 0 Å². The standard InChI is InChI=1S/C13H26N2O2/c1-3-13(2,17)11-14-10-12(16)15-8-6-4-5-7-9-15/h14,17H,3-11H2,1-2H3. The molecule has 100 valence electrons. The van der Waals surface area contributed by atoms with Gasteiger partial charge in [0.2, 0.25) is 5.91 Å². The summed E-state index contributed by atoms with van der Waals surface area (Å²) < 4.78 is 0. The molecule has 1 saturated heterocycles. The molecular weight excluding hydrogens is 216 g/mol. The van der Waals surface area contributed by atoms with Gasteiger partial charge in [-0.3, -0.25) is 4.79 Å². The summed E-state index contributed by atoms with van der Waals surface area (Å²) in [6.45, 7) is 6.34. The second-order valence-electron chi connectivity index (χ2n) is 5.25. The van der Waals surface area contributed by atoms with Gasteiger partial charge in [0.15, 0.2) is 0 Å².